The van der Waals surface area contributed by atoms with E-state index in [1.54, 1.807) is 11.0 Å². The first-order valence-corrected chi connectivity index (χ1v) is 11.8. The number of benzene rings is 1. The lowest BCUT2D eigenvalue weighted by Gasteiger charge is -2.17. The second-order valence-electron chi connectivity index (χ2n) is 6.07. The van der Waals surface area contributed by atoms with Crippen molar-refractivity contribution in [3.63, 3.8) is 0 Å². The molecule has 0 radical (unpaired) electrons. The maximum absolute atomic E-state index is 14.9. The first-order valence-electron chi connectivity index (χ1n) is 9.32. The number of hydrogen-bond acceptors (Lipinski definition) is 7. The van der Waals surface area contributed by atoms with E-state index in [1.807, 2.05) is 5.48 Å². The number of hydroxylamine groups is 2. The van der Waals surface area contributed by atoms with Crippen LogP contribution in [-0.2, 0) is 21.0 Å². The van der Waals surface area contributed by atoms with Crippen LogP contribution in [0.3, 0.4) is 0 Å². The van der Waals surface area contributed by atoms with E-state index in [-0.39, 0.29) is 43.2 Å². The van der Waals surface area contributed by atoms with Gasteiger partial charge in [0.05, 0.1) is 30.2 Å². The molecule has 0 atom stereocenters. The van der Waals surface area contributed by atoms with Gasteiger partial charge in [0.2, 0.25) is 5.91 Å². The molecular formula is C19H22F3IN4O5. The Morgan fingerprint density at radius 3 is 2.66 bits per heavy atom. The Kier molecular flexibility index (Phi) is 10.8. The zero-order chi connectivity index (χ0) is 23.5. The van der Waals surface area contributed by atoms with E-state index in [2.05, 4.69) is 16.1 Å². The third-order valence-electron chi connectivity index (χ3n) is 3.80. The third-order valence-corrected chi connectivity index (χ3v) is 5.49. The summed E-state index contributed by atoms with van der Waals surface area (Å²) in [5.41, 5.74) is 2.92. The first-order chi connectivity index (χ1) is 15.4. The number of halogens is 4. The van der Waals surface area contributed by atoms with Gasteiger partial charge in [-0.05, 0) is 23.1 Å². The Balaban J connectivity index is 2.28. The average molecular weight is 570 g/mol. The molecule has 1 heterocycles. The van der Waals surface area contributed by atoms with E-state index in [0.29, 0.717) is 6.54 Å². The van der Waals surface area contributed by atoms with Crippen LogP contribution in [0.25, 0.3) is 0 Å². The predicted octanol–water partition coefficient (Wildman–Crippen LogP) is 1.67. The number of nitrogens with one attached hydrogen (secondary N) is 4. The lowest BCUT2D eigenvalue weighted by molar-refractivity contribution is -0.128. The number of aliphatic hydroxyl groups is 1. The van der Waals surface area contributed by atoms with Crippen molar-refractivity contribution < 1.29 is 37.5 Å². The third kappa shape index (κ3) is 7.37. The van der Waals surface area contributed by atoms with Crippen LogP contribution in [0.5, 0.6) is 0 Å². The fourth-order valence-electron chi connectivity index (χ4n) is 2.38. The molecule has 1 aromatic carbocycles. The van der Waals surface area contributed by atoms with Crippen molar-refractivity contribution in [1.29, 1.82) is 0 Å². The minimum absolute atomic E-state index is 0.129. The largest absolute Gasteiger partial charge is 0.394 e. The van der Waals surface area contributed by atoms with E-state index < -0.39 is 55.7 Å². The summed E-state index contributed by atoms with van der Waals surface area (Å²) < 4.78 is 46.6. The molecule has 5 N–H and O–H groups in total. The SMILES string of the molecule is CCNC(=O)CONCc1cc(C(=O)NOCCO)c(NC2=C(F)C=IC=C2)c(F)c1F. The number of carbonyl (C=O) groups excluding carboxylic acids is 2. The van der Waals surface area contributed by atoms with Crippen LogP contribution in [0.1, 0.15) is 22.8 Å². The van der Waals surface area contributed by atoms with E-state index >= 15 is 0 Å². The summed E-state index contributed by atoms with van der Waals surface area (Å²) in [5, 5.41) is 13.7. The average Bonchev–Trinajstić information content (AvgIpc) is 2.77. The topological polar surface area (TPSA) is 121 Å². The number of amides is 2. The molecule has 0 aliphatic carbocycles. The van der Waals surface area contributed by atoms with E-state index in [4.69, 9.17) is 14.8 Å². The second-order valence-corrected chi connectivity index (χ2v) is 8.13. The van der Waals surface area contributed by atoms with Gasteiger partial charge in [-0.15, -0.1) is 0 Å². The Hall–Kier alpha value is -2.33. The molecular weight excluding hydrogens is 548 g/mol. The molecule has 1 aliphatic rings. The summed E-state index contributed by atoms with van der Waals surface area (Å²) in [6.45, 7) is 0.762. The molecule has 0 spiro atoms. The molecule has 0 bridgehead atoms. The predicted molar refractivity (Wildman–Crippen MR) is 119 cm³/mol. The maximum Gasteiger partial charge on any atom is 0.277 e. The molecule has 0 saturated carbocycles. The van der Waals surface area contributed by atoms with Crippen molar-refractivity contribution in [1.82, 2.24) is 16.3 Å². The van der Waals surface area contributed by atoms with Gasteiger partial charge >= 0.3 is 0 Å². The normalized spacial score (nSPS) is 13.0. The van der Waals surface area contributed by atoms with Crippen LogP contribution in [0.15, 0.2) is 27.7 Å². The Morgan fingerprint density at radius 2 is 1.97 bits per heavy atom. The summed E-state index contributed by atoms with van der Waals surface area (Å²) in [6.07, 6.45) is 1.38. The smallest absolute Gasteiger partial charge is 0.277 e. The van der Waals surface area contributed by atoms with Gasteiger partial charge in [-0.2, -0.15) is 5.48 Å². The molecule has 0 fully saturated rings. The molecule has 0 saturated heterocycles. The summed E-state index contributed by atoms with van der Waals surface area (Å²) in [4.78, 5) is 33.5. The zero-order valence-corrected chi connectivity index (χ0v) is 19.1. The minimum Gasteiger partial charge on any atom is -0.394 e. The fourth-order valence-corrected chi connectivity index (χ4v) is 3.81. The molecule has 176 valence electrons. The highest BCUT2D eigenvalue weighted by molar-refractivity contribution is 14.2. The van der Waals surface area contributed by atoms with Crippen LogP contribution in [0.4, 0.5) is 18.9 Å². The maximum atomic E-state index is 14.9. The Labute approximate surface area is 191 Å². The van der Waals surface area contributed by atoms with Gasteiger partial charge in [-0.3, -0.25) is 19.3 Å². The van der Waals surface area contributed by atoms with Crippen LogP contribution in [0, 0.1) is 11.6 Å². The standard InChI is InChI=1S/C19H22F3IN4O5/c1-2-24-15(29)10-32-25-9-11-7-12(19(30)27-31-6-5-28)18(17(22)16(11)21)26-14-3-4-23-8-13(14)20/h3-4,7-8,25-26,28H,2,5-6,9-10H2,1H3,(H,24,29)(H,27,30). The van der Waals surface area contributed by atoms with Crippen molar-refractivity contribution in [3.8, 4) is 0 Å². The van der Waals surface area contributed by atoms with Gasteiger partial charge in [0.1, 0.15) is 6.61 Å². The monoisotopic (exact) mass is 570 g/mol. The second kappa shape index (κ2) is 13.3. The van der Waals surface area contributed by atoms with Gasteiger partial charge in [0.15, 0.2) is 17.5 Å². The summed E-state index contributed by atoms with van der Waals surface area (Å²) >= 11 is -0.616. The van der Waals surface area contributed by atoms with E-state index in [1.165, 1.54) is 10.1 Å². The van der Waals surface area contributed by atoms with Crippen LogP contribution < -0.4 is 21.6 Å². The minimum atomic E-state index is -1.42. The number of hydrogen-bond donors (Lipinski definition) is 5. The molecule has 32 heavy (non-hydrogen) atoms. The fraction of sp³-hybridized carbons (Fsp3) is 0.316. The number of allylic oxidation sites excluding steroid dienone is 2. The molecule has 13 heteroatoms. The van der Waals surface area contributed by atoms with Gasteiger partial charge < -0.3 is 15.7 Å². The number of rotatable bonds is 12. The van der Waals surface area contributed by atoms with Crippen LogP contribution in [0.2, 0.25) is 0 Å². The Bertz CT molecular complexity index is 940. The molecule has 0 unspecified atom stereocenters. The van der Waals surface area contributed by atoms with Crippen molar-refractivity contribution in [2.75, 3.05) is 31.7 Å². The van der Waals surface area contributed by atoms with Crippen molar-refractivity contribution >= 4 is 42.2 Å². The molecule has 2 rings (SSSR count). The quantitative estimate of drug-likeness (QED) is 0.147. The highest BCUT2D eigenvalue weighted by Crippen LogP contribution is 2.29. The van der Waals surface area contributed by atoms with E-state index in [0.717, 1.165) is 6.07 Å². The molecule has 1 aliphatic heterocycles. The number of aliphatic hydroxyl groups excluding tert-OH is 1. The number of carbonyl (C=O) groups is 2. The van der Waals surface area contributed by atoms with Gasteiger partial charge in [0, 0.05) is 22.7 Å². The lowest BCUT2D eigenvalue weighted by Crippen LogP contribution is -2.30. The Morgan fingerprint density at radius 1 is 1.19 bits per heavy atom. The summed E-state index contributed by atoms with van der Waals surface area (Å²) in [6, 6.07) is 1.03. The highest BCUT2D eigenvalue weighted by Gasteiger charge is 2.24. The van der Waals surface area contributed by atoms with Crippen molar-refractivity contribution in [2.24, 2.45) is 0 Å². The van der Waals surface area contributed by atoms with Crippen molar-refractivity contribution in [2.45, 2.75) is 13.5 Å². The van der Waals surface area contributed by atoms with Gasteiger partial charge in [-0.25, -0.2) is 18.7 Å². The molecule has 1 aromatic rings. The zero-order valence-electron chi connectivity index (χ0n) is 16.9. The molecule has 0 aromatic heterocycles. The van der Waals surface area contributed by atoms with E-state index in [9.17, 15) is 22.8 Å². The summed E-state index contributed by atoms with van der Waals surface area (Å²) in [5.74, 6) is -4.74. The number of likely N-dealkylation sites (N-methyl/N-ethyl adjacent to an activating group) is 1. The summed E-state index contributed by atoms with van der Waals surface area (Å²) in [7, 11) is 0. The molecule has 2 amide bonds. The number of anilines is 1. The van der Waals surface area contributed by atoms with Gasteiger partial charge in [-0.1, -0.05) is 20.7 Å². The van der Waals surface area contributed by atoms with Crippen LogP contribution >= 0.6 is 20.7 Å². The van der Waals surface area contributed by atoms with Crippen molar-refractivity contribution in [3.05, 3.63) is 50.5 Å². The first kappa shape index (κ1) is 25.9. The van der Waals surface area contributed by atoms with Gasteiger partial charge in [0.25, 0.3) is 5.91 Å². The molecule has 9 nitrogen and oxygen atoms in total. The van der Waals surface area contributed by atoms with Crippen LogP contribution in [-0.4, -0.2) is 47.3 Å². The lowest BCUT2D eigenvalue weighted by atomic mass is 10.1. The highest BCUT2D eigenvalue weighted by atomic mass is 127.